The van der Waals surface area contributed by atoms with Gasteiger partial charge in [-0.25, -0.2) is 8.78 Å². The molecule has 0 saturated carbocycles. The van der Waals surface area contributed by atoms with Gasteiger partial charge >= 0.3 is 0 Å². The van der Waals surface area contributed by atoms with E-state index in [2.05, 4.69) is 26.9 Å². The fourth-order valence-electron chi connectivity index (χ4n) is 4.40. The van der Waals surface area contributed by atoms with Crippen LogP contribution in [0.15, 0.2) is 23.2 Å². The molecule has 5 rings (SSSR count). The van der Waals surface area contributed by atoms with Gasteiger partial charge < -0.3 is 15.1 Å². The normalized spacial score (nSPS) is 27.0. The Morgan fingerprint density at radius 2 is 1.79 bits per heavy atom. The van der Waals surface area contributed by atoms with E-state index < -0.39 is 5.82 Å². The lowest BCUT2D eigenvalue weighted by Crippen LogP contribution is -2.62. The lowest BCUT2D eigenvalue weighted by Gasteiger charge is -2.47. The molecule has 1 aromatic rings. The first-order valence-electron chi connectivity index (χ1n) is 10.3. The summed E-state index contributed by atoms with van der Waals surface area (Å²) in [5.41, 5.74) is 0.349. The van der Waals surface area contributed by atoms with E-state index in [1.807, 2.05) is 4.90 Å². The van der Waals surface area contributed by atoms with Gasteiger partial charge in [0.2, 0.25) is 0 Å². The minimum atomic E-state index is -0.402. The standard InChI is InChI=1S/C20H30F2N6.HI/c1-2-23-20(24-14-17-15-25-5-7-26(17)8-6-25)28-11-9-27(10-12-28)19-13-16(21)3-4-18(19)22;/h3-4,13,17H,2,5-12,14-15H2,1H3,(H,23,24);1H. The topological polar surface area (TPSA) is 37.4 Å². The molecule has 6 nitrogen and oxygen atoms in total. The van der Waals surface area contributed by atoms with Crippen LogP contribution in [0.2, 0.25) is 0 Å². The number of hydrogen-bond donors (Lipinski definition) is 1. The molecule has 1 N–H and O–H groups in total. The van der Waals surface area contributed by atoms with Crippen LogP contribution in [0, 0.1) is 11.6 Å². The minimum Gasteiger partial charge on any atom is -0.366 e. The first kappa shape index (κ1) is 22.5. The Balaban J connectivity index is 0.00000240. The van der Waals surface area contributed by atoms with Gasteiger partial charge in [-0.15, -0.1) is 24.0 Å². The number of anilines is 1. The second kappa shape index (κ2) is 10.2. The van der Waals surface area contributed by atoms with Crippen molar-refractivity contribution in [2.45, 2.75) is 13.0 Å². The molecule has 9 heteroatoms. The van der Waals surface area contributed by atoms with Gasteiger partial charge in [-0.1, -0.05) is 0 Å². The molecule has 1 unspecified atom stereocenters. The monoisotopic (exact) mass is 520 g/mol. The smallest absolute Gasteiger partial charge is 0.194 e. The van der Waals surface area contributed by atoms with Crippen molar-refractivity contribution in [3.8, 4) is 0 Å². The Bertz CT molecular complexity index is 702. The molecule has 4 heterocycles. The lowest BCUT2D eigenvalue weighted by molar-refractivity contribution is 0.0173. The van der Waals surface area contributed by atoms with E-state index in [0.29, 0.717) is 24.8 Å². The van der Waals surface area contributed by atoms with Gasteiger partial charge in [0.15, 0.2) is 5.96 Å². The number of piperazine rings is 4. The van der Waals surface area contributed by atoms with E-state index >= 15 is 0 Å². The maximum absolute atomic E-state index is 14.1. The lowest BCUT2D eigenvalue weighted by atomic mass is 10.1. The fraction of sp³-hybridized carbons (Fsp3) is 0.650. The zero-order valence-corrected chi connectivity index (χ0v) is 19.3. The molecular weight excluding hydrogens is 489 g/mol. The van der Waals surface area contributed by atoms with E-state index in [1.54, 1.807) is 0 Å². The summed E-state index contributed by atoms with van der Waals surface area (Å²) in [7, 11) is 0. The van der Waals surface area contributed by atoms with Crippen LogP contribution < -0.4 is 10.2 Å². The van der Waals surface area contributed by atoms with E-state index in [4.69, 9.17) is 4.99 Å². The second-order valence-electron chi connectivity index (χ2n) is 7.75. The fourth-order valence-corrected chi connectivity index (χ4v) is 4.40. The number of halogens is 3. The highest BCUT2D eigenvalue weighted by Crippen LogP contribution is 2.22. The first-order valence-corrected chi connectivity index (χ1v) is 10.3. The second-order valence-corrected chi connectivity index (χ2v) is 7.75. The Morgan fingerprint density at radius 1 is 1.07 bits per heavy atom. The van der Waals surface area contributed by atoms with Crippen LogP contribution in [0.25, 0.3) is 0 Å². The number of rotatable bonds is 4. The predicted octanol–water partition coefficient (Wildman–Crippen LogP) is 1.67. The number of guanidine groups is 1. The first-order chi connectivity index (χ1) is 13.6. The molecule has 2 bridgehead atoms. The van der Waals surface area contributed by atoms with E-state index in [1.165, 1.54) is 25.2 Å². The third-order valence-electron chi connectivity index (χ3n) is 6.01. The molecule has 0 radical (unpaired) electrons. The number of nitrogens with zero attached hydrogens (tertiary/aromatic N) is 5. The summed E-state index contributed by atoms with van der Waals surface area (Å²) in [6.45, 7) is 12.2. The number of nitrogens with one attached hydrogen (secondary N) is 1. The molecule has 1 atom stereocenters. The van der Waals surface area contributed by atoms with Gasteiger partial charge in [0, 0.05) is 77.6 Å². The van der Waals surface area contributed by atoms with Crippen molar-refractivity contribution in [3.63, 3.8) is 0 Å². The van der Waals surface area contributed by atoms with Gasteiger partial charge in [-0.3, -0.25) is 14.8 Å². The highest BCUT2D eigenvalue weighted by Gasteiger charge is 2.31. The van der Waals surface area contributed by atoms with Crippen LogP contribution in [0.4, 0.5) is 14.5 Å². The average molecular weight is 520 g/mol. The Labute approximate surface area is 188 Å². The number of fused-ring (bicyclic) bond motifs is 3. The number of benzene rings is 1. The molecule has 0 aromatic heterocycles. The Hall–Kier alpha value is -1.20. The van der Waals surface area contributed by atoms with Gasteiger partial charge in [0.25, 0.3) is 0 Å². The van der Waals surface area contributed by atoms with Crippen molar-refractivity contribution in [3.05, 3.63) is 29.8 Å². The summed E-state index contributed by atoms with van der Waals surface area (Å²) in [5.74, 6) is 0.160. The molecule has 4 aliphatic rings. The van der Waals surface area contributed by atoms with Crippen LogP contribution in [0.3, 0.4) is 0 Å². The van der Waals surface area contributed by atoms with Crippen LogP contribution in [-0.2, 0) is 0 Å². The zero-order chi connectivity index (χ0) is 19.5. The Kier molecular flexibility index (Phi) is 7.92. The third kappa shape index (κ3) is 5.29. The van der Waals surface area contributed by atoms with E-state index in [9.17, 15) is 8.78 Å². The highest BCUT2D eigenvalue weighted by molar-refractivity contribution is 14.0. The van der Waals surface area contributed by atoms with Crippen LogP contribution in [-0.4, -0.2) is 98.7 Å². The van der Waals surface area contributed by atoms with Crippen molar-refractivity contribution in [1.29, 1.82) is 0 Å². The van der Waals surface area contributed by atoms with Gasteiger partial charge in [0.1, 0.15) is 11.6 Å². The van der Waals surface area contributed by atoms with Gasteiger partial charge in [0.05, 0.1) is 12.2 Å². The quantitative estimate of drug-likeness (QED) is 0.372. The molecule has 4 saturated heterocycles. The van der Waals surface area contributed by atoms with Crippen LogP contribution in [0.1, 0.15) is 6.92 Å². The predicted molar refractivity (Wildman–Crippen MR) is 123 cm³/mol. The maximum Gasteiger partial charge on any atom is 0.194 e. The highest BCUT2D eigenvalue weighted by atomic mass is 127. The van der Waals surface area contributed by atoms with Crippen LogP contribution >= 0.6 is 24.0 Å². The van der Waals surface area contributed by atoms with Crippen molar-refractivity contribution in [2.75, 3.05) is 76.9 Å². The van der Waals surface area contributed by atoms with Crippen molar-refractivity contribution >= 4 is 35.6 Å². The average Bonchev–Trinajstić information content (AvgIpc) is 2.74. The summed E-state index contributed by atoms with van der Waals surface area (Å²) >= 11 is 0. The SMILES string of the molecule is CCNC(=NCC1CN2CCN1CC2)N1CCN(c2cc(F)ccc2F)CC1.I. The molecule has 0 amide bonds. The largest absolute Gasteiger partial charge is 0.366 e. The van der Waals surface area contributed by atoms with Crippen LogP contribution in [0.5, 0.6) is 0 Å². The van der Waals surface area contributed by atoms with Crippen molar-refractivity contribution < 1.29 is 8.78 Å². The van der Waals surface area contributed by atoms with Gasteiger partial charge in [-0.2, -0.15) is 0 Å². The summed E-state index contributed by atoms with van der Waals surface area (Å²) in [4.78, 5) is 14.1. The zero-order valence-electron chi connectivity index (χ0n) is 17.0. The van der Waals surface area contributed by atoms with E-state index in [0.717, 1.165) is 57.8 Å². The van der Waals surface area contributed by atoms with Crippen molar-refractivity contribution in [1.82, 2.24) is 20.0 Å². The summed E-state index contributed by atoms with van der Waals surface area (Å²) < 4.78 is 27.6. The third-order valence-corrected chi connectivity index (χ3v) is 6.01. The van der Waals surface area contributed by atoms with E-state index in [-0.39, 0.29) is 29.8 Å². The molecule has 0 aliphatic carbocycles. The molecule has 0 spiro atoms. The van der Waals surface area contributed by atoms with Crippen molar-refractivity contribution in [2.24, 2.45) is 4.99 Å². The number of hydrogen-bond acceptors (Lipinski definition) is 4. The minimum absolute atomic E-state index is 0. The molecule has 1 aromatic carbocycles. The molecule has 29 heavy (non-hydrogen) atoms. The molecular formula is C20H31F2IN6. The molecule has 4 fully saturated rings. The summed E-state index contributed by atoms with van der Waals surface area (Å²) in [5, 5.41) is 3.40. The summed E-state index contributed by atoms with van der Waals surface area (Å²) in [6, 6.07) is 4.15. The Morgan fingerprint density at radius 3 is 2.41 bits per heavy atom. The number of aliphatic imine (C=N–C) groups is 1. The molecule has 4 aliphatic heterocycles. The maximum atomic E-state index is 14.1. The molecule has 162 valence electrons. The van der Waals surface area contributed by atoms with Gasteiger partial charge in [-0.05, 0) is 19.1 Å². The summed E-state index contributed by atoms with van der Waals surface area (Å²) in [6.07, 6.45) is 0.